The van der Waals surface area contributed by atoms with E-state index in [9.17, 15) is 4.79 Å². The molecule has 1 atom stereocenters. The molecule has 1 aliphatic rings. The van der Waals surface area contributed by atoms with Gasteiger partial charge < -0.3 is 5.32 Å². The summed E-state index contributed by atoms with van der Waals surface area (Å²) in [5, 5.41) is 5.30. The molecule has 23 heavy (non-hydrogen) atoms. The number of hydrogen-bond acceptors (Lipinski definition) is 3. The van der Waals surface area contributed by atoms with Crippen molar-refractivity contribution >= 4 is 22.9 Å². The summed E-state index contributed by atoms with van der Waals surface area (Å²) < 4.78 is 0. The van der Waals surface area contributed by atoms with Gasteiger partial charge in [0.1, 0.15) is 5.54 Å². The van der Waals surface area contributed by atoms with Crippen LogP contribution in [0.5, 0.6) is 0 Å². The van der Waals surface area contributed by atoms with Gasteiger partial charge in [0.25, 0.3) is 0 Å². The van der Waals surface area contributed by atoms with E-state index in [2.05, 4.69) is 35.7 Å². The zero-order valence-corrected chi connectivity index (χ0v) is 15.4. The Morgan fingerprint density at radius 2 is 2.22 bits per heavy atom. The number of thiophene rings is 1. The van der Waals surface area contributed by atoms with E-state index in [0.717, 1.165) is 54.1 Å². The number of anilines is 1. The Labute approximate surface area is 144 Å². The Morgan fingerprint density at radius 1 is 1.48 bits per heavy atom. The van der Waals surface area contributed by atoms with Crippen LogP contribution >= 0.6 is 11.3 Å². The normalized spacial score (nSPS) is 21.9. The molecule has 1 fully saturated rings. The number of amides is 1. The molecule has 0 unspecified atom stereocenters. The van der Waals surface area contributed by atoms with Gasteiger partial charge in [-0.2, -0.15) is 0 Å². The summed E-state index contributed by atoms with van der Waals surface area (Å²) in [6.07, 6.45) is 5.64. The highest BCUT2D eigenvalue weighted by Gasteiger charge is 2.44. The van der Waals surface area contributed by atoms with Crippen LogP contribution in [0.1, 0.15) is 43.0 Å². The van der Waals surface area contributed by atoms with E-state index in [1.54, 1.807) is 11.3 Å². The van der Waals surface area contributed by atoms with Crippen molar-refractivity contribution in [2.24, 2.45) is 0 Å². The molecule has 3 nitrogen and oxygen atoms in total. The van der Waals surface area contributed by atoms with Gasteiger partial charge in [0.05, 0.1) is 5.69 Å². The average Bonchev–Trinajstić information content (AvgIpc) is 2.81. The molecular formula is C19H28N2OS. The maximum atomic E-state index is 13.2. The van der Waals surface area contributed by atoms with Crippen LogP contribution in [0.15, 0.2) is 30.2 Å². The Kier molecular flexibility index (Phi) is 5.82. The van der Waals surface area contributed by atoms with Crippen LogP contribution in [-0.4, -0.2) is 29.4 Å². The molecule has 2 heterocycles. The lowest BCUT2D eigenvalue weighted by Gasteiger charge is -2.45. The predicted octanol–water partition coefficient (Wildman–Crippen LogP) is 4.68. The van der Waals surface area contributed by atoms with Gasteiger partial charge >= 0.3 is 0 Å². The summed E-state index contributed by atoms with van der Waals surface area (Å²) in [6.45, 7) is 15.8. The molecule has 0 aromatic carbocycles. The first-order valence-corrected chi connectivity index (χ1v) is 9.15. The van der Waals surface area contributed by atoms with Crippen molar-refractivity contribution in [2.45, 2.75) is 52.0 Å². The maximum absolute atomic E-state index is 13.2. The number of aryl methyl sites for hydroxylation is 2. The van der Waals surface area contributed by atoms with E-state index >= 15 is 0 Å². The van der Waals surface area contributed by atoms with E-state index in [1.807, 2.05) is 19.9 Å². The van der Waals surface area contributed by atoms with Crippen LogP contribution in [0.25, 0.3) is 0 Å². The molecule has 0 saturated carbocycles. The van der Waals surface area contributed by atoms with Crippen LogP contribution in [0.2, 0.25) is 0 Å². The first kappa shape index (κ1) is 18.0. The van der Waals surface area contributed by atoms with Crippen molar-refractivity contribution in [1.82, 2.24) is 4.90 Å². The first-order valence-electron chi connectivity index (χ1n) is 8.27. The van der Waals surface area contributed by atoms with E-state index in [0.29, 0.717) is 6.42 Å². The molecule has 1 aromatic rings. The van der Waals surface area contributed by atoms with E-state index < -0.39 is 5.54 Å². The Morgan fingerprint density at radius 3 is 2.78 bits per heavy atom. The van der Waals surface area contributed by atoms with Crippen LogP contribution in [0.4, 0.5) is 5.69 Å². The Bertz CT molecular complexity index is 585. The van der Waals surface area contributed by atoms with Crippen molar-refractivity contribution < 1.29 is 4.79 Å². The molecule has 1 amide bonds. The largest absolute Gasteiger partial charge is 0.323 e. The number of likely N-dealkylation sites (tertiary alicyclic amines) is 1. The fraction of sp³-hybridized carbons (Fsp3) is 0.526. The zero-order chi connectivity index (χ0) is 17.0. The van der Waals surface area contributed by atoms with Crippen molar-refractivity contribution in [3.8, 4) is 0 Å². The summed E-state index contributed by atoms with van der Waals surface area (Å²) in [6, 6.07) is 0. The number of carbonyl (C=O) groups excluding carboxylic acids is 1. The lowest BCUT2D eigenvalue weighted by Crippen LogP contribution is -2.59. The number of nitrogens with one attached hydrogen (secondary N) is 1. The molecule has 0 bridgehead atoms. The number of hydrogen-bond donors (Lipinski definition) is 1. The van der Waals surface area contributed by atoms with Crippen LogP contribution in [-0.2, 0) is 4.79 Å². The minimum absolute atomic E-state index is 0.1000. The molecule has 1 aliphatic heterocycles. The molecule has 126 valence electrons. The number of piperidine rings is 1. The third-order valence-corrected chi connectivity index (χ3v) is 5.67. The molecular weight excluding hydrogens is 304 g/mol. The second kappa shape index (κ2) is 7.45. The summed E-state index contributed by atoms with van der Waals surface area (Å²) in [4.78, 5) is 16.7. The zero-order valence-electron chi connectivity index (χ0n) is 14.6. The molecule has 0 aliphatic carbocycles. The molecule has 1 aromatic heterocycles. The van der Waals surface area contributed by atoms with Crippen LogP contribution in [0, 0.1) is 13.8 Å². The summed E-state index contributed by atoms with van der Waals surface area (Å²) >= 11 is 1.68. The first-order chi connectivity index (χ1) is 10.9. The number of carbonyl (C=O) groups is 1. The lowest BCUT2D eigenvalue weighted by molar-refractivity contribution is -0.130. The van der Waals surface area contributed by atoms with Crippen LogP contribution in [0.3, 0.4) is 0 Å². The standard InChI is InChI=1S/C19H28N2OS/c1-6-9-19(10-7-8-11-21(19)12-14(2)3)18(22)20-17-15(4)13-23-16(17)5/h6,13H,1-2,7-12H2,3-5H3,(H,20,22)/t19-/m1/s1. The van der Waals surface area contributed by atoms with Gasteiger partial charge in [-0.3, -0.25) is 9.69 Å². The highest BCUT2D eigenvalue weighted by molar-refractivity contribution is 7.10. The van der Waals surface area contributed by atoms with E-state index in [1.165, 1.54) is 0 Å². The molecule has 4 heteroatoms. The average molecular weight is 333 g/mol. The Hall–Kier alpha value is -1.39. The highest BCUT2D eigenvalue weighted by atomic mass is 32.1. The second-order valence-electron chi connectivity index (χ2n) is 6.66. The second-order valence-corrected chi connectivity index (χ2v) is 7.75. The third-order valence-electron chi connectivity index (χ3n) is 4.64. The van der Waals surface area contributed by atoms with Gasteiger partial charge in [0.2, 0.25) is 5.91 Å². The van der Waals surface area contributed by atoms with Gasteiger partial charge in [-0.05, 0) is 63.9 Å². The van der Waals surface area contributed by atoms with Crippen molar-refractivity contribution in [3.05, 3.63) is 40.6 Å². The van der Waals surface area contributed by atoms with Crippen molar-refractivity contribution in [2.75, 3.05) is 18.4 Å². The fourth-order valence-electron chi connectivity index (χ4n) is 3.46. The van der Waals surface area contributed by atoms with E-state index in [-0.39, 0.29) is 5.91 Å². The van der Waals surface area contributed by atoms with Gasteiger partial charge in [0, 0.05) is 11.4 Å². The van der Waals surface area contributed by atoms with Crippen LogP contribution < -0.4 is 5.32 Å². The van der Waals surface area contributed by atoms with Gasteiger partial charge in [-0.15, -0.1) is 17.9 Å². The monoisotopic (exact) mass is 332 g/mol. The minimum Gasteiger partial charge on any atom is -0.323 e. The van der Waals surface area contributed by atoms with Gasteiger partial charge in [0.15, 0.2) is 0 Å². The number of rotatable bonds is 6. The number of nitrogens with zero attached hydrogens (tertiary/aromatic N) is 1. The smallest absolute Gasteiger partial charge is 0.245 e. The minimum atomic E-state index is -0.500. The molecule has 2 rings (SSSR count). The summed E-state index contributed by atoms with van der Waals surface area (Å²) in [7, 11) is 0. The van der Waals surface area contributed by atoms with Gasteiger partial charge in [-0.1, -0.05) is 18.2 Å². The predicted molar refractivity (Wildman–Crippen MR) is 100 cm³/mol. The fourth-order valence-corrected chi connectivity index (χ4v) is 4.26. The molecule has 0 spiro atoms. The molecule has 0 radical (unpaired) electrons. The summed E-state index contributed by atoms with van der Waals surface area (Å²) in [5.74, 6) is 0.1000. The maximum Gasteiger partial charge on any atom is 0.245 e. The summed E-state index contributed by atoms with van der Waals surface area (Å²) in [5.41, 5.74) is 2.71. The topological polar surface area (TPSA) is 32.3 Å². The lowest BCUT2D eigenvalue weighted by atomic mass is 9.82. The SMILES string of the molecule is C=CC[C@]1(C(=O)Nc2c(C)csc2C)CCCCN1CC(=C)C. The van der Waals surface area contributed by atoms with Crippen molar-refractivity contribution in [3.63, 3.8) is 0 Å². The Balaban J connectivity index is 2.31. The van der Waals surface area contributed by atoms with Gasteiger partial charge in [-0.25, -0.2) is 0 Å². The quantitative estimate of drug-likeness (QED) is 0.767. The van der Waals surface area contributed by atoms with E-state index in [4.69, 9.17) is 0 Å². The molecule has 1 N–H and O–H groups in total. The van der Waals surface area contributed by atoms with Crippen molar-refractivity contribution in [1.29, 1.82) is 0 Å². The third kappa shape index (κ3) is 3.75. The highest BCUT2D eigenvalue weighted by Crippen LogP contribution is 2.35. The molecule has 1 saturated heterocycles.